The summed E-state index contributed by atoms with van der Waals surface area (Å²) >= 11 is 0.350. The topological polar surface area (TPSA) is 9.72 Å². The quantitative estimate of drug-likeness (QED) is 0.433. The Hall–Kier alpha value is 0.307. The van der Waals surface area contributed by atoms with Crippen LogP contribution in [0.1, 0.15) is 38.5 Å². The van der Waals surface area contributed by atoms with E-state index >= 15 is 0 Å². The first-order valence-electron chi connectivity index (χ1n) is 8.82. The van der Waals surface area contributed by atoms with E-state index in [1.54, 1.807) is 0 Å². The van der Waals surface area contributed by atoms with Gasteiger partial charge in [-0.15, -0.1) is 0 Å². The Morgan fingerprint density at radius 3 is 0.955 bits per heavy atom. The Balaban J connectivity index is 0.000000254. The summed E-state index contributed by atoms with van der Waals surface area (Å²) in [5, 5.41) is 0. The Labute approximate surface area is 138 Å². The van der Waals surface area contributed by atoms with E-state index in [0.29, 0.717) is 11.5 Å². The normalized spacial score (nSPS) is 26.9. The summed E-state index contributed by atoms with van der Waals surface area (Å²) in [6, 6.07) is 0. The summed E-state index contributed by atoms with van der Waals surface area (Å²) in [7, 11) is -4.25. The molecule has 3 saturated heterocycles. The van der Waals surface area contributed by atoms with Gasteiger partial charge in [0.25, 0.3) is 11.5 Å². The first-order chi connectivity index (χ1) is 10.2. The molecule has 3 heterocycles. The molecule has 7 heteroatoms. The van der Waals surface area contributed by atoms with Gasteiger partial charge in [-0.2, -0.15) is 0 Å². The second-order valence-corrected chi connectivity index (χ2v) is 15.3. The van der Waals surface area contributed by atoms with Crippen molar-refractivity contribution in [1.82, 2.24) is 12.9 Å². The van der Waals surface area contributed by atoms with E-state index in [1.165, 1.54) is 77.8 Å². The van der Waals surface area contributed by atoms with E-state index in [9.17, 15) is 8.22 Å². The van der Waals surface area contributed by atoms with E-state index < -0.39 is 8.02 Å². The molecule has 0 spiro atoms. The van der Waals surface area contributed by atoms with E-state index in [1.807, 2.05) is 0 Å². The van der Waals surface area contributed by atoms with Gasteiger partial charge in [-0.05, 0) is 38.5 Å². The number of nitrogens with zero attached hydrogens (tertiary/aromatic N) is 3. The molecule has 0 atom stereocenters. The maximum absolute atomic E-state index is 11.9. The van der Waals surface area contributed by atoms with Crippen LogP contribution in [0.4, 0.5) is 8.22 Å². The summed E-state index contributed by atoms with van der Waals surface area (Å²) in [5.41, 5.74) is 0. The zero-order chi connectivity index (χ0) is 16.2. The minimum absolute atomic E-state index is 0.350. The van der Waals surface area contributed by atoms with Gasteiger partial charge < -0.3 is 0 Å². The molecule has 0 saturated carbocycles. The van der Waals surface area contributed by atoms with Crippen LogP contribution in [0.5, 0.6) is 0 Å². The van der Waals surface area contributed by atoms with Crippen LogP contribution in [-0.4, -0.2) is 60.2 Å². The first kappa shape index (κ1) is 18.6. The van der Waals surface area contributed by atoms with E-state index in [2.05, 4.69) is 12.9 Å². The van der Waals surface area contributed by atoms with Crippen LogP contribution in [0.15, 0.2) is 0 Å². The summed E-state index contributed by atoms with van der Waals surface area (Å²) in [5.74, 6) is 0. The van der Waals surface area contributed by atoms with E-state index in [-0.39, 0.29) is 0 Å². The van der Waals surface area contributed by atoms with Gasteiger partial charge in [0.05, 0.1) is 0 Å². The zero-order valence-electron chi connectivity index (χ0n) is 14.5. The molecule has 0 bridgehead atoms. The predicted molar refractivity (Wildman–Crippen MR) is 95.3 cm³/mol. The van der Waals surface area contributed by atoms with E-state index in [0.717, 1.165) is 19.6 Å². The minimum atomic E-state index is -4.25. The Bertz CT molecular complexity index is 289. The van der Waals surface area contributed by atoms with Crippen LogP contribution >= 0.6 is 0 Å². The molecule has 0 unspecified atom stereocenters. The van der Waals surface area contributed by atoms with Crippen molar-refractivity contribution in [1.29, 1.82) is 0 Å². The maximum atomic E-state index is 11.9. The molecule has 22 heavy (non-hydrogen) atoms. The third-order valence-corrected chi connectivity index (χ3v) is 6.37. The van der Waals surface area contributed by atoms with Crippen molar-refractivity contribution in [3.05, 3.63) is 0 Å². The second-order valence-electron chi connectivity index (χ2n) is 7.86. The molecule has 3 rings (SSSR count). The fourth-order valence-electron chi connectivity index (χ4n) is 3.04. The van der Waals surface area contributed by atoms with Crippen molar-refractivity contribution in [2.75, 3.05) is 39.3 Å². The fourth-order valence-corrected chi connectivity index (χ4v) is 5.78. The second kappa shape index (κ2) is 7.47. The standard InChI is InChI=1S/C12H24N3S.C3H9F2Si/c1-2-8-13(7-1)16(14-9-3-4-10-14)15-11-5-6-12-15;1-6(2,3,4)5/h1-12H2;1-3H3/q+1;-1. The van der Waals surface area contributed by atoms with Gasteiger partial charge in [-0.25, -0.2) is 0 Å². The molecule has 3 nitrogen and oxygen atoms in total. The fraction of sp³-hybridized carbons (Fsp3) is 1.00. The molecule has 0 radical (unpaired) electrons. The van der Waals surface area contributed by atoms with Crippen LogP contribution in [0.25, 0.3) is 0 Å². The van der Waals surface area contributed by atoms with Gasteiger partial charge in [-0.1, -0.05) is 12.9 Å². The Kier molecular flexibility index (Phi) is 6.33. The summed E-state index contributed by atoms with van der Waals surface area (Å²) in [6.45, 7) is 11.1. The van der Waals surface area contributed by atoms with Gasteiger partial charge in [0.2, 0.25) is 0 Å². The summed E-state index contributed by atoms with van der Waals surface area (Å²) < 4.78 is 32.0. The van der Waals surface area contributed by atoms with Crippen LogP contribution in [-0.2, 0) is 11.5 Å². The molecule has 0 aromatic carbocycles. The van der Waals surface area contributed by atoms with E-state index in [4.69, 9.17) is 0 Å². The van der Waals surface area contributed by atoms with Gasteiger partial charge in [0.15, 0.2) is 0 Å². The SMILES string of the molecule is C1CCN([S+](N2CCCC2)N2CCCC2)C1.C[Si-](C)(C)(F)F. The van der Waals surface area contributed by atoms with Gasteiger partial charge in [0, 0.05) is 39.3 Å². The molecule has 3 aliphatic rings. The zero-order valence-corrected chi connectivity index (χ0v) is 16.3. The van der Waals surface area contributed by atoms with Crippen LogP contribution in [0.2, 0.25) is 19.6 Å². The monoisotopic (exact) mass is 353 g/mol. The number of halogens is 2. The van der Waals surface area contributed by atoms with Crippen LogP contribution in [0.3, 0.4) is 0 Å². The molecule has 0 aromatic rings. The molecule has 132 valence electrons. The number of hydrogen-bond acceptors (Lipinski definition) is 3. The number of hydrogen-bond donors (Lipinski definition) is 0. The molecule has 3 fully saturated rings. The average molecular weight is 354 g/mol. The molecular weight excluding hydrogens is 320 g/mol. The average Bonchev–Trinajstić information content (AvgIpc) is 3.10. The van der Waals surface area contributed by atoms with Crippen molar-refractivity contribution >= 4 is 19.5 Å². The molecular formula is C15H33F2N3SSi. The molecule has 3 aliphatic heterocycles. The molecule has 0 aromatic heterocycles. The predicted octanol–water partition coefficient (Wildman–Crippen LogP) is 3.85. The molecule has 0 N–H and O–H groups in total. The van der Waals surface area contributed by atoms with Crippen molar-refractivity contribution in [3.8, 4) is 0 Å². The third-order valence-electron chi connectivity index (χ3n) is 3.89. The molecule has 0 aliphatic carbocycles. The van der Waals surface area contributed by atoms with Crippen molar-refractivity contribution in [2.24, 2.45) is 0 Å². The molecule has 0 amide bonds. The Morgan fingerprint density at radius 1 is 0.591 bits per heavy atom. The van der Waals surface area contributed by atoms with Gasteiger partial charge >= 0.3 is 35.9 Å². The summed E-state index contributed by atoms with van der Waals surface area (Å²) in [4.78, 5) is 0. The van der Waals surface area contributed by atoms with Gasteiger partial charge in [-0.3, -0.25) is 0 Å². The third kappa shape index (κ3) is 6.82. The number of rotatable bonds is 3. The Morgan fingerprint density at radius 2 is 0.773 bits per heavy atom. The van der Waals surface area contributed by atoms with Crippen molar-refractivity contribution < 1.29 is 8.22 Å². The van der Waals surface area contributed by atoms with Crippen LogP contribution in [0, 0.1) is 0 Å². The van der Waals surface area contributed by atoms with Crippen LogP contribution < -0.4 is 0 Å². The van der Waals surface area contributed by atoms with Crippen molar-refractivity contribution in [3.63, 3.8) is 0 Å². The van der Waals surface area contributed by atoms with Crippen molar-refractivity contribution in [2.45, 2.75) is 58.2 Å². The summed E-state index contributed by atoms with van der Waals surface area (Å²) in [6.07, 6.45) is 8.53. The first-order valence-corrected chi connectivity index (χ1v) is 13.7. The van der Waals surface area contributed by atoms with Gasteiger partial charge in [0.1, 0.15) is 0 Å².